The van der Waals surface area contributed by atoms with Gasteiger partial charge in [-0.15, -0.1) is 0 Å². The fraction of sp³-hybridized carbons (Fsp3) is 0.0200. The molecular formula is C50H31F5N8. The average Bonchev–Trinajstić information content (AvgIpc) is 3.32. The predicted molar refractivity (Wildman–Crippen MR) is 234 cm³/mol. The second kappa shape index (κ2) is 17.3. The summed E-state index contributed by atoms with van der Waals surface area (Å²) in [7, 11) is 0. The van der Waals surface area contributed by atoms with Crippen LogP contribution in [0.2, 0.25) is 0 Å². The van der Waals surface area contributed by atoms with Crippen LogP contribution in [-0.2, 0) is 6.54 Å². The number of aromatic nitrogens is 6. The molecule has 0 fully saturated rings. The number of aliphatic imine (C=N–C) groups is 1. The highest BCUT2D eigenvalue weighted by Crippen LogP contribution is 2.40. The first-order valence-corrected chi connectivity index (χ1v) is 19.5. The molecule has 0 N–H and O–H groups in total. The van der Waals surface area contributed by atoms with Crippen molar-refractivity contribution in [2.45, 2.75) is 6.54 Å². The number of hydrogen-bond donors (Lipinski definition) is 0. The first-order chi connectivity index (χ1) is 30.7. The highest BCUT2D eigenvalue weighted by atomic mass is 19.1. The Balaban J connectivity index is 1.33. The molecule has 13 heteroatoms. The van der Waals surface area contributed by atoms with Crippen LogP contribution in [0.1, 0.15) is 5.56 Å². The monoisotopic (exact) mass is 838 g/mol. The van der Waals surface area contributed by atoms with Crippen molar-refractivity contribution >= 4 is 23.8 Å². The summed E-state index contributed by atoms with van der Waals surface area (Å²) in [6.45, 7) is 3.83. The van der Waals surface area contributed by atoms with E-state index in [0.29, 0.717) is 56.0 Å². The van der Waals surface area contributed by atoms with Crippen molar-refractivity contribution in [1.82, 2.24) is 29.9 Å². The molecule has 0 aliphatic rings. The lowest BCUT2D eigenvalue weighted by molar-refractivity contribution is 0.609. The molecule has 8 nitrogen and oxygen atoms in total. The van der Waals surface area contributed by atoms with E-state index < -0.39 is 29.1 Å². The van der Waals surface area contributed by atoms with Gasteiger partial charge in [0, 0.05) is 44.6 Å². The van der Waals surface area contributed by atoms with Crippen molar-refractivity contribution in [2.75, 3.05) is 4.90 Å². The van der Waals surface area contributed by atoms with Gasteiger partial charge in [-0.3, -0.25) is 4.99 Å². The van der Waals surface area contributed by atoms with E-state index in [1.54, 1.807) is 78.9 Å². The standard InChI is InChI=1S/C50H31F5N8/c1-56-43-8-4-5-9-44(43)63(29-34-6-2-3-7-42(34)55)41-27-35(49-59-45(30-10-18-37(51)19-11-30)57-46(60-49)31-12-20-38(52)21-13-31)26-36(28-41)50-61-47(32-14-22-39(53)23-15-32)58-48(62-50)33-16-24-40(54)25-17-33/h2-28H,1,29H2. The first-order valence-electron chi connectivity index (χ1n) is 19.5. The zero-order chi connectivity index (χ0) is 43.5. The van der Waals surface area contributed by atoms with Crippen molar-refractivity contribution in [3.05, 3.63) is 198 Å². The molecule has 2 aromatic heterocycles. The van der Waals surface area contributed by atoms with Crippen LogP contribution in [0, 0.1) is 29.1 Å². The maximum atomic E-state index is 15.6. The van der Waals surface area contributed by atoms with E-state index >= 15 is 4.39 Å². The SMILES string of the molecule is C=Nc1ccccc1N(Cc1ccccc1F)c1cc(-c2nc(-c3ccc(F)cc3)nc(-c3ccc(F)cc3)n2)cc(-c2nc(-c3ccc(F)cc3)nc(-c3ccc(F)cc3)n2)c1. The second-order valence-corrected chi connectivity index (χ2v) is 14.2. The fourth-order valence-corrected chi connectivity index (χ4v) is 6.89. The summed E-state index contributed by atoms with van der Waals surface area (Å²) in [4.78, 5) is 35.1. The molecule has 0 radical (unpaired) electrons. The molecule has 0 spiro atoms. The minimum absolute atomic E-state index is 0.0276. The van der Waals surface area contributed by atoms with E-state index in [0.717, 1.165) is 0 Å². The van der Waals surface area contributed by atoms with Gasteiger partial charge in [-0.1, -0.05) is 30.3 Å². The van der Waals surface area contributed by atoms with Crippen molar-refractivity contribution in [3.63, 3.8) is 0 Å². The van der Waals surface area contributed by atoms with Crippen LogP contribution in [-0.4, -0.2) is 36.6 Å². The summed E-state index contributed by atoms with van der Waals surface area (Å²) >= 11 is 0. The number of halogens is 5. The van der Waals surface area contributed by atoms with Gasteiger partial charge in [-0.25, -0.2) is 51.9 Å². The van der Waals surface area contributed by atoms with Crippen LogP contribution >= 0.6 is 0 Å². The lowest BCUT2D eigenvalue weighted by Crippen LogP contribution is -2.18. The minimum Gasteiger partial charge on any atom is -0.335 e. The average molecular weight is 839 g/mol. The van der Waals surface area contributed by atoms with E-state index in [1.165, 1.54) is 54.6 Å². The maximum Gasteiger partial charge on any atom is 0.164 e. The molecule has 0 aliphatic heterocycles. The van der Waals surface area contributed by atoms with Crippen LogP contribution in [0.25, 0.3) is 68.3 Å². The predicted octanol–water partition coefficient (Wildman–Crippen LogP) is 12.4. The van der Waals surface area contributed by atoms with Crippen LogP contribution in [0.5, 0.6) is 0 Å². The number of nitrogens with zero attached hydrogens (tertiary/aromatic N) is 8. The lowest BCUT2D eigenvalue weighted by Gasteiger charge is -2.27. The third kappa shape index (κ3) is 8.79. The molecule has 9 rings (SSSR count). The van der Waals surface area contributed by atoms with Crippen molar-refractivity contribution in [1.29, 1.82) is 0 Å². The summed E-state index contributed by atoms with van der Waals surface area (Å²) < 4.78 is 72.2. The third-order valence-electron chi connectivity index (χ3n) is 10.1. The second-order valence-electron chi connectivity index (χ2n) is 14.2. The maximum absolute atomic E-state index is 15.6. The molecule has 0 bridgehead atoms. The molecule has 63 heavy (non-hydrogen) atoms. The van der Waals surface area contributed by atoms with E-state index in [1.807, 2.05) is 35.2 Å². The molecule has 0 atom stereocenters. The van der Waals surface area contributed by atoms with E-state index in [4.69, 9.17) is 29.9 Å². The summed E-state index contributed by atoms with van der Waals surface area (Å²) in [6, 6.07) is 41.7. The van der Waals surface area contributed by atoms with Crippen molar-refractivity contribution in [3.8, 4) is 68.3 Å². The van der Waals surface area contributed by atoms with Gasteiger partial charge >= 0.3 is 0 Å². The molecule has 0 saturated heterocycles. The molecule has 0 amide bonds. The quantitative estimate of drug-likeness (QED) is 0.0946. The summed E-state index contributed by atoms with van der Waals surface area (Å²) in [5, 5.41) is 0. The Morgan fingerprint density at radius 2 is 0.746 bits per heavy atom. The highest BCUT2D eigenvalue weighted by molar-refractivity contribution is 5.82. The Bertz CT molecular complexity index is 2830. The van der Waals surface area contributed by atoms with E-state index in [-0.39, 0.29) is 41.5 Å². The third-order valence-corrected chi connectivity index (χ3v) is 10.1. The normalized spacial score (nSPS) is 11.1. The molecule has 0 aliphatic carbocycles. The van der Waals surface area contributed by atoms with Crippen LogP contribution in [0.3, 0.4) is 0 Å². The zero-order valence-corrected chi connectivity index (χ0v) is 33.0. The van der Waals surface area contributed by atoms with Gasteiger partial charge in [0.1, 0.15) is 29.1 Å². The van der Waals surface area contributed by atoms with Crippen molar-refractivity contribution in [2.24, 2.45) is 4.99 Å². The van der Waals surface area contributed by atoms with Gasteiger partial charge < -0.3 is 4.90 Å². The highest BCUT2D eigenvalue weighted by Gasteiger charge is 2.22. The first kappa shape index (κ1) is 40.1. The van der Waals surface area contributed by atoms with E-state index in [2.05, 4.69) is 11.7 Å². The number of anilines is 2. The van der Waals surface area contributed by atoms with Gasteiger partial charge in [0.15, 0.2) is 34.9 Å². The summed E-state index contributed by atoms with van der Waals surface area (Å²) in [6.07, 6.45) is 0. The zero-order valence-electron chi connectivity index (χ0n) is 33.0. The molecule has 2 heterocycles. The molecular weight excluding hydrogens is 808 g/mol. The molecule has 306 valence electrons. The molecule has 0 saturated carbocycles. The van der Waals surface area contributed by atoms with Crippen LogP contribution < -0.4 is 4.90 Å². The number of benzene rings is 7. The molecule has 7 aromatic carbocycles. The smallest absolute Gasteiger partial charge is 0.164 e. The van der Waals surface area contributed by atoms with Crippen LogP contribution in [0.4, 0.5) is 39.0 Å². The van der Waals surface area contributed by atoms with Crippen LogP contribution in [0.15, 0.2) is 169 Å². The summed E-state index contributed by atoms with van der Waals surface area (Å²) in [5.74, 6) is -1.10. The topological polar surface area (TPSA) is 92.9 Å². The van der Waals surface area contributed by atoms with Crippen molar-refractivity contribution < 1.29 is 22.0 Å². The Hall–Kier alpha value is -8.32. The van der Waals surface area contributed by atoms with Gasteiger partial charge in [-0.05, 0) is 140 Å². The molecule has 0 unspecified atom stereocenters. The largest absolute Gasteiger partial charge is 0.335 e. The Labute approximate surface area is 357 Å². The summed E-state index contributed by atoms with van der Waals surface area (Å²) in [5.41, 5.74) is 4.75. The number of para-hydroxylation sites is 2. The Morgan fingerprint density at radius 1 is 0.397 bits per heavy atom. The number of hydrogen-bond acceptors (Lipinski definition) is 8. The fourth-order valence-electron chi connectivity index (χ4n) is 6.89. The number of rotatable bonds is 11. The van der Waals surface area contributed by atoms with Gasteiger partial charge in [0.2, 0.25) is 0 Å². The van der Waals surface area contributed by atoms with E-state index in [9.17, 15) is 17.6 Å². The lowest BCUT2D eigenvalue weighted by atomic mass is 10.0. The van der Waals surface area contributed by atoms with Gasteiger partial charge in [0.25, 0.3) is 0 Å². The Kier molecular flexibility index (Phi) is 11.0. The minimum atomic E-state index is -0.453. The van der Waals surface area contributed by atoms with Gasteiger partial charge in [0.05, 0.1) is 17.9 Å². The van der Waals surface area contributed by atoms with Gasteiger partial charge in [-0.2, -0.15) is 0 Å². The molecule has 9 aromatic rings. The Morgan fingerprint density at radius 3 is 1.13 bits per heavy atom.